The molecule has 0 nitrogen and oxygen atoms in total. The summed E-state index contributed by atoms with van der Waals surface area (Å²) in [6, 6.07) is 0. The standard InChI is InChI=1S/C14H28/c1-11(2)8-13-6-5-7-14(10-13)9-12(3)4/h11-14H,5-10H2,1-4H3. The van der Waals surface area contributed by atoms with Gasteiger partial charge in [-0.15, -0.1) is 0 Å². The highest BCUT2D eigenvalue weighted by Crippen LogP contribution is 2.35. The molecule has 0 aliphatic heterocycles. The van der Waals surface area contributed by atoms with Gasteiger partial charge >= 0.3 is 0 Å². The van der Waals surface area contributed by atoms with Gasteiger partial charge in [0.1, 0.15) is 0 Å². The van der Waals surface area contributed by atoms with Crippen molar-refractivity contribution < 1.29 is 0 Å². The van der Waals surface area contributed by atoms with Gasteiger partial charge in [0.2, 0.25) is 0 Å². The molecule has 1 aliphatic rings. The maximum atomic E-state index is 2.37. The Bertz CT molecular complexity index is 130. The summed E-state index contributed by atoms with van der Waals surface area (Å²) in [7, 11) is 0. The minimum Gasteiger partial charge on any atom is -0.0628 e. The van der Waals surface area contributed by atoms with Crippen LogP contribution in [0, 0.1) is 23.7 Å². The third kappa shape index (κ3) is 4.48. The van der Waals surface area contributed by atoms with Crippen LogP contribution < -0.4 is 0 Å². The van der Waals surface area contributed by atoms with E-state index < -0.39 is 0 Å². The van der Waals surface area contributed by atoms with E-state index in [1.54, 1.807) is 0 Å². The first-order chi connectivity index (χ1) is 6.58. The second-order valence-electron chi connectivity index (χ2n) is 6.16. The van der Waals surface area contributed by atoms with Crippen molar-refractivity contribution in [1.82, 2.24) is 0 Å². The molecule has 1 saturated carbocycles. The minimum absolute atomic E-state index is 0.901. The SMILES string of the molecule is CC(C)CC1CCCC(CC(C)C)C1. The van der Waals surface area contributed by atoms with Crippen LogP contribution in [0.5, 0.6) is 0 Å². The van der Waals surface area contributed by atoms with Crippen LogP contribution in [-0.2, 0) is 0 Å². The molecular formula is C14H28. The number of hydrogen-bond donors (Lipinski definition) is 0. The zero-order valence-electron chi connectivity index (χ0n) is 10.6. The molecule has 0 amide bonds. The highest BCUT2D eigenvalue weighted by molar-refractivity contribution is 4.74. The first kappa shape index (κ1) is 12.1. The van der Waals surface area contributed by atoms with E-state index in [4.69, 9.17) is 0 Å². The Morgan fingerprint density at radius 3 is 1.64 bits per heavy atom. The fourth-order valence-corrected chi connectivity index (χ4v) is 3.16. The molecule has 1 fully saturated rings. The lowest BCUT2D eigenvalue weighted by Crippen LogP contribution is -2.18. The van der Waals surface area contributed by atoms with Gasteiger partial charge in [-0.1, -0.05) is 47.0 Å². The summed E-state index contributed by atoms with van der Waals surface area (Å²) in [5, 5.41) is 0. The quantitative estimate of drug-likeness (QED) is 0.601. The zero-order valence-corrected chi connectivity index (χ0v) is 10.6. The molecule has 2 atom stereocenters. The molecule has 0 bridgehead atoms. The van der Waals surface area contributed by atoms with Crippen molar-refractivity contribution in [2.45, 2.75) is 66.2 Å². The molecular weight excluding hydrogens is 168 g/mol. The van der Waals surface area contributed by atoms with Gasteiger partial charge in [0.15, 0.2) is 0 Å². The number of hydrogen-bond acceptors (Lipinski definition) is 0. The summed E-state index contributed by atoms with van der Waals surface area (Å²) < 4.78 is 0. The van der Waals surface area contributed by atoms with Crippen LogP contribution in [0.25, 0.3) is 0 Å². The van der Waals surface area contributed by atoms with Crippen molar-refractivity contribution in [3.8, 4) is 0 Å². The maximum absolute atomic E-state index is 2.37. The molecule has 0 radical (unpaired) electrons. The molecule has 0 aromatic rings. The van der Waals surface area contributed by atoms with Gasteiger partial charge in [-0.25, -0.2) is 0 Å². The lowest BCUT2D eigenvalue weighted by atomic mass is 9.75. The van der Waals surface area contributed by atoms with E-state index in [1.165, 1.54) is 38.5 Å². The largest absolute Gasteiger partial charge is 0.0628 e. The van der Waals surface area contributed by atoms with Crippen LogP contribution in [0.15, 0.2) is 0 Å². The summed E-state index contributed by atoms with van der Waals surface area (Å²) in [5.41, 5.74) is 0. The first-order valence-corrected chi connectivity index (χ1v) is 6.58. The van der Waals surface area contributed by atoms with Crippen LogP contribution >= 0.6 is 0 Å². The van der Waals surface area contributed by atoms with Crippen LogP contribution in [0.3, 0.4) is 0 Å². The maximum Gasteiger partial charge on any atom is -0.0409 e. The third-order valence-corrected chi connectivity index (χ3v) is 3.50. The molecule has 84 valence electrons. The second kappa shape index (κ2) is 5.78. The summed E-state index contributed by atoms with van der Waals surface area (Å²) in [6.45, 7) is 9.47. The molecule has 1 rings (SSSR count). The molecule has 0 aromatic heterocycles. The van der Waals surface area contributed by atoms with Gasteiger partial charge in [0, 0.05) is 0 Å². The average Bonchev–Trinajstić information content (AvgIpc) is 2.01. The summed E-state index contributed by atoms with van der Waals surface area (Å²) in [5.74, 6) is 3.90. The lowest BCUT2D eigenvalue weighted by Gasteiger charge is -2.31. The highest BCUT2D eigenvalue weighted by atomic mass is 14.3. The Labute approximate surface area is 90.5 Å². The van der Waals surface area contributed by atoms with Crippen molar-refractivity contribution in [3.05, 3.63) is 0 Å². The van der Waals surface area contributed by atoms with Crippen LogP contribution in [0.2, 0.25) is 0 Å². The van der Waals surface area contributed by atoms with Gasteiger partial charge in [-0.3, -0.25) is 0 Å². The van der Waals surface area contributed by atoms with E-state index in [0.717, 1.165) is 23.7 Å². The van der Waals surface area contributed by atoms with Gasteiger partial charge in [0.05, 0.1) is 0 Å². The molecule has 0 heteroatoms. The minimum atomic E-state index is 0.901. The molecule has 0 saturated heterocycles. The van der Waals surface area contributed by atoms with Crippen molar-refractivity contribution >= 4 is 0 Å². The predicted octanol–water partition coefficient (Wildman–Crippen LogP) is 4.89. The van der Waals surface area contributed by atoms with Gasteiger partial charge < -0.3 is 0 Å². The van der Waals surface area contributed by atoms with Crippen LogP contribution in [0.1, 0.15) is 66.2 Å². The Morgan fingerprint density at radius 1 is 0.857 bits per heavy atom. The topological polar surface area (TPSA) is 0 Å². The van der Waals surface area contributed by atoms with Gasteiger partial charge in [-0.2, -0.15) is 0 Å². The van der Waals surface area contributed by atoms with Crippen molar-refractivity contribution in [2.24, 2.45) is 23.7 Å². The van der Waals surface area contributed by atoms with Gasteiger partial charge in [-0.05, 0) is 42.9 Å². The normalized spacial score (nSPS) is 28.7. The number of rotatable bonds is 4. The molecule has 0 aromatic carbocycles. The van der Waals surface area contributed by atoms with E-state index in [9.17, 15) is 0 Å². The molecule has 2 unspecified atom stereocenters. The molecule has 0 spiro atoms. The lowest BCUT2D eigenvalue weighted by molar-refractivity contribution is 0.212. The van der Waals surface area contributed by atoms with E-state index in [2.05, 4.69) is 27.7 Å². The summed E-state index contributed by atoms with van der Waals surface area (Å²) in [6.07, 6.45) is 8.97. The monoisotopic (exact) mass is 196 g/mol. The third-order valence-electron chi connectivity index (χ3n) is 3.50. The van der Waals surface area contributed by atoms with Crippen molar-refractivity contribution in [2.75, 3.05) is 0 Å². The van der Waals surface area contributed by atoms with Crippen molar-refractivity contribution in [1.29, 1.82) is 0 Å². The van der Waals surface area contributed by atoms with E-state index in [-0.39, 0.29) is 0 Å². The molecule has 0 N–H and O–H groups in total. The first-order valence-electron chi connectivity index (χ1n) is 6.58. The fourth-order valence-electron chi connectivity index (χ4n) is 3.16. The molecule has 14 heavy (non-hydrogen) atoms. The zero-order chi connectivity index (χ0) is 10.6. The summed E-state index contributed by atoms with van der Waals surface area (Å²) >= 11 is 0. The van der Waals surface area contributed by atoms with E-state index in [1.807, 2.05) is 0 Å². The molecule has 1 aliphatic carbocycles. The van der Waals surface area contributed by atoms with E-state index in [0.29, 0.717) is 0 Å². The molecule has 0 heterocycles. The average molecular weight is 196 g/mol. The van der Waals surface area contributed by atoms with E-state index >= 15 is 0 Å². The Balaban J connectivity index is 2.28. The Morgan fingerprint density at radius 2 is 1.29 bits per heavy atom. The fraction of sp³-hybridized carbons (Fsp3) is 1.00. The highest BCUT2D eigenvalue weighted by Gasteiger charge is 2.22. The summed E-state index contributed by atoms with van der Waals surface area (Å²) in [4.78, 5) is 0. The van der Waals surface area contributed by atoms with Gasteiger partial charge in [0.25, 0.3) is 0 Å². The Hall–Kier alpha value is 0. The van der Waals surface area contributed by atoms with Crippen LogP contribution in [0.4, 0.5) is 0 Å². The predicted molar refractivity (Wildman–Crippen MR) is 64.4 cm³/mol. The van der Waals surface area contributed by atoms with Crippen LogP contribution in [-0.4, -0.2) is 0 Å². The second-order valence-corrected chi connectivity index (χ2v) is 6.16. The smallest absolute Gasteiger partial charge is 0.0409 e. The Kier molecular flexibility index (Phi) is 4.98. The van der Waals surface area contributed by atoms with Crippen molar-refractivity contribution in [3.63, 3.8) is 0 Å².